The number of pyridine rings is 1. The Morgan fingerprint density at radius 2 is 2.10 bits per heavy atom. The van der Waals surface area contributed by atoms with E-state index in [2.05, 4.69) is 16.9 Å². The van der Waals surface area contributed by atoms with Crippen molar-refractivity contribution in [1.29, 1.82) is 0 Å². The van der Waals surface area contributed by atoms with Gasteiger partial charge in [0.2, 0.25) is 5.91 Å². The fourth-order valence-electron chi connectivity index (χ4n) is 2.87. The molecular weight excluding hydrogens is 392 g/mol. The summed E-state index contributed by atoms with van der Waals surface area (Å²) in [5.41, 5.74) is 3.13. The number of halogens is 1. The van der Waals surface area contributed by atoms with Crippen molar-refractivity contribution in [3.05, 3.63) is 75.4 Å². The largest absolute Gasteiger partial charge is 0.489 e. The number of aryl methyl sites for hydroxylation is 2. The second kappa shape index (κ2) is 8.92. The number of rotatable bonds is 7. The number of ether oxygens (including phenoxy) is 1. The molecule has 3 rings (SSSR count). The minimum absolute atomic E-state index is 0.158. The molecule has 7 heteroatoms. The van der Waals surface area contributed by atoms with Gasteiger partial charge in [-0.3, -0.25) is 4.79 Å². The molecule has 0 aliphatic heterocycles. The summed E-state index contributed by atoms with van der Waals surface area (Å²) in [6, 6.07) is 8.30. The monoisotopic (exact) mass is 412 g/mol. The molecule has 0 aliphatic rings. The number of hydrogen-bond donors (Lipinski definition) is 1. The van der Waals surface area contributed by atoms with Crippen LogP contribution in [-0.4, -0.2) is 17.5 Å². The first-order valence-corrected chi connectivity index (χ1v) is 9.45. The van der Waals surface area contributed by atoms with Crippen molar-refractivity contribution in [2.75, 3.05) is 11.9 Å². The highest BCUT2D eigenvalue weighted by molar-refractivity contribution is 6.29. The van der Waals surface area contributed by atoms with Crippen molar-refractivity contribution in [1.82, 2.24) is 4.98 Å². The number of benzene rings is 1. The highest BCUT2D eigenvalue weighted by Crippen LogP contribution is 2.29. The number of nitrogens with zero attached hydrogens (tertiary/aromatic N) is 1. The summed E-state index contributed by atoms with van der Waals surface area (Å²) >= 11 is 5.85. The molecule has 3 aromatic rings. The Hall–Kier alpha value is -3.12. The van der Waals surface area contributed by atoms with Crippen LogP contribution in [0, 0.1) is 6.92 Å². The Labute approximate surface area is 173 Å². The number of aromatic nitrogens is 1. The second-order valence-electron chi connectivity index (χ2n) is 6.87. The molecule has 0 radical (unpaired) electrons. The van der Waals surface area contributed by atoms with Gasteiger partial charge in [-0.2, -0.15) is 0 Å². The van der Waals surface area contributed by atoms with Gasteiger partial charge in [0.25, 0.3) is 0 Å². The van der Waals surface area contributed by atoms with Crippen LogP contribution < -0.4 is 15.7 Å². The molecule has 1 N–H and O–H groups in total. The third-order valence-electron chi connectivity index (χ3n) is 4.24. The quantitative estimate of drug-likeness (QED) is 0.346. The molecule has 2 aromatic heterocycles. The van der Waals surface area contributed by atoms with E-state index in [-0.39, 0.29) is 12.3 Å². The Balaban J connectivity index is 1.83. The number of nitrogens with one attached hydrogen (secondary N) is 1. The van der Waals surface area contributed by atoms with Crippen LogP contribution in [-0.2, 0) is 11.2 Å². The number of amides is 1. The summed E-state index contributed by atoms with van der Waals surface area (Å²) in [6.07, 6.45) is 2.22. The zero-order chi connectivity index (χ0) is 21.0. The fourth-order valence-corrected chi connectivity index (χ4v) is 3.05. The maximum Gasteiger partial charge on any atom is 0.336 e. The van der Waals surface area contributed by atoms with Crippen LogP contribution >= 0.6 is 11.6 Å². The maximum atomic E-state index is 12.4. The van der Waals surface area contributed by atoms with E-state index >= 15 is 0 Å². The van der Waals surface area contributed by atoms with E-state index in [1.54, 1.807) is 18.2 Å². The second-order valence-corrected chi connectivity index (χ2v) is 7.25. The number of fused-ring (bicyclic) bond motifs is 1. The lowest BCUT2D eigenvalue weighted by Crippen LogP contribution is -2.13. The van der Waals surface area contributed by atoms with Gasteiger partial charge in [-0.1, -0.05) is 18.2 Å². The number of carbonyl (C=O) groups is 1. The molecule has 1 amide bonds. The third kappa shape index (κ3) is 5.45. The molecule has 2 heterocycles. The highest BCUT2D eigenvalue weighted by Gasteiger charge is 2.13. The average Bonchev–Trinajstić information content (AvgIpc) is 2.64. The van der Waals surface area contributed by atoms with Crippen LogP contribution in [0.25, 0.3) is 11.0 Å². The van der Waals surface area contributed by atoms with Gasteiger partial charge in [0.1, 0.15) is 23.1 Å². The van der Waals surface area contributed by atoms with E-state index in [1.165, 1.54) is 12.3 Å². The smallest absolute Gasteiger partial charge is 0.336 e. The number of anilines is 1. The van der Waals surface area contributed by atoms with E-state index in [1.807, 2.05) is 19.9 Å². The van der Waals surface area contributed by atoms with Gasteiger partial charge in [-0.05, 0) is 55.2 Å². The van der Waals surface area contributed by atoms with Crippen molar-refractivity contribution in [3.63, 3.8) is 0 Å². The standard InChI is InChI=1S/C22H21ClN2O4/c1-13(2)12-28-18-11-19-17(14(3)8-22(27)29-19)9-15(18)4-5-21(26)25-16-6-7-24-20(23)10-16/h6-11H,1,4-5,12H2,2-3H3,(H,24,25,26). The molecular formula is C22H21ClN2O4. The first-order valence-electron chi connectivity index (χ1n) is 9.08. The van der Waals surface area contributed by atoms with Gasteiger partial charge < -0.3 is 14.5 Å². The van der Waals surface area contributed by atoms with E-state index < -0.39 is 5.63 Å². The molecule has 0 spiro atoms. The minimum Gasteiger partial charge on any atom is -0.489 e. The number of hydrogen-bond acceptors (Lipinski definition) is 5. The van der Waals surface area contributed by atoms with E-state index in [4.69, 9.17) is 20.8 Å². The van der Waals surface area contributed by atoms with Gasteiger partial charge in [0, 0.05) is 35.8 Å². The van der Waals surface area contributed by atoms with Crippen molar-refractivity contribution < 1.29 is 13.9 Å². The van der Waals surface area contributed by atoms with Gasteiger partial charge in [0.15, 0.2) is 0 Å². The Morgan fingerprint density at radius 1 is 1.31 bits per heavy atom. The summed E-state index contributed by atoms with van der Waals surface area (Å²) in [6.45, 7) is 7.87. The van der Waals surface area contributed by atoms with Crippen molar-refractivity contribution in [3.8, 4) is 5.75 Å². The molecule has 0 fully saturated rings. The zero-order valence-electron chi connectivity index (χ0n) is 16.3. The average molecular weight is 413 g/mol. The van der Waals surface area contributed by atoms with Gasteiger partial charge in [-0.15, -0.1) is 0 Å². The molecule has 0 saturated heterocycles. The summed E-state index contributed by atoms with van der Waals surface area (Å²) in [5, 5.41) is 3.92. The summed E-state index contributed by atoms with van der Waals surface area (Å²) in [4.78, 5) is 27.9. The maximum absolute atomic E-state index is 12.4. The van der Waals surface area contributed by atoms with E-state index in [9.17, 15) is 9.59 Å². The predicted molar refractivity (Wildman–Crippen MR) is 114 cm³/mol. The van der Waals surface area contributed by atoms with Crippen LogP contribution in [0.4, 0.5) is 5.69 Å². The third-order valence-corrected chi connectivity index (χ3v) is 4.44. The first-order chi connectivity index (χ1) is 13.8. The van der Waals surface area contributed by atoms with Crippen LogP contribution in [0.2, 0.25) is 5.15 Å². The minimum atomic E-state index is -0.413. The van der Waals surface area contributed by atoms with Crippen LogP contribution in [0.3, 0.4) is 0 Å². The molecule has 29 heavy (non-hydrogen) atoms. The molecule has 150 valence electrons. The zero-order valence-corrected chi connectivity index (χ0v) is 17.0. The van der Waals surface area contributed by atoms with Crippen molar-refractivity contribution in [2.45, 2.75) is 26.7 Å². The van der Waals surface area contributed by atoms with Gasteiger partial charge in [0.05, 0.1) is 0 Å². The molecule has 0 bridgehead atoms. The van der Waals surface area contributed by atoms with E-state index in [0.717, 1.165) is 22.1 Å². The Morgan fingerprint density at radius 3 is 2.83 bits per heavy atom. The molecule has 0 aliphatic carbocycles. The van der Waals surface area contributed by atoms with Crippen molar-refractivity contribution in [2.24, 2.45) is 0 Å². The molecule has 0 saturated carbocycles. The van der Waals surface area contributed by atoms with Crippen LogP contribution in [0.1, 0.15) is 24.5 Å². The molecule has 0 atom stereocenters. The fraction of sp³-hybridized carbons (Fsp3) is 0.227. The summed E-state index contributed by atoms with van der Waals surface area (Å²) in [7, 11) is 0. The molecule has 1 aromatic carbocycles. The van der Waals surface area contributed by atoms with Crippen LogP contribution in [0.15, 0.2) is 57.9 Å². The molecule has 6 nitrogen and oxygen atoms in total. The van der Waals surface area contributed by atoms with Gasteiger partial charge >= 0.3 is 5.63 Å². The SMILES string of the molecule is C=C(C)COc1cc2oc(=O)cc(C)c2cc1CCC(=O)Nc1ccnc(Cl)c1. The lowest BCUT2D eigenvalue weighted by molar-refractivity contribution is -0.116. The predicted octanol–water partition coefficient (Wildman–Crippen LogP) is 4.68. The summed E-state index contributed by atoms with van der Waals surface area (Å²) < 4.78 is 11.1. The Kier molecular flexibility index (Phi) is 6.34. The van der Waals surface area contributed by atoms with Crippen LogP contribution in [0.5, 0.6) is 5.75 Å². The summed E-state index contributed by atoms with van der Waals surface area (Å²) in [5.74, 6) is 0.406. The lowest BCUT2D eigenvalue weighted by Gasteiger charge is -2.13. The van der Waals surface area contributed by atoms with E-state index in [0.29, 0.717) is 35.2 Å². The first kappa shape index (κ1) is 20.6. The van der Waals surface area contributed by atoms with Crippen molar-refractivity contribution >= 4 is 34.2 Å². The molecule has 0 unspecified atom stereocenters. The normalized spacial score (nSPS) is 10.7. The number of carbonyl (C=O) groups excluding carboxylic acids is 1. The highest BCUT2D eigenvalue weighted by atomic mass is 35.5. The lowest BCUT2D eigenvalue weighted by atomic mass is 10.0. The van der Waals surface area contributed by atoms with Gasteiger partial charge in [-0.25, -0.2) is 9.78 Å². The Bertz CT molecular complexity index is 1140. The topological polar surface area (TPSA) is 81.4 Å².